The lowest BCUT2D eigenvalue weighted by Gasteiger charge is -2.27. The van der Waals surface area contributed by atoms with Crippen molar-refractivity contribution in [3.05, 3.63) is 59.7 Å². The zero-order valence-corrected chi connectivity index (χ0v) is 18.5. The topological polar surface area (TPSA) is 106 Å². The van der Waals surface area contributed by atoms with Crippen molar-refractivity contribution in [1.82, 2.24) is 19.9 Å². The van der Waals surface area contributed by atoms with Crippen molar-refractivity contribution < 1.29 is 18.6 Å². The molecule has 4 rings (SSSR count). The van der Waals surface area contributed by atoms with Gasteiger partial charge in [0.2, 0.25) is 5.88 Å². The summed E-state index contributed by atoms with van der Waals surface area (Å²) in [6.45, 7) is 5.26. The molecular weight excluding hydrogens is 450 g/mol. The summed E-state index contributed by atoms with van der Waals surface area (Å²) in [7, 11) is 0. The smallest absolute Gasteiger partial charge is 0.236 e. The minimum atomic E-state index is -0.718. The van der Waals surface area contributed by atoms with Crippen LogP contribution in [0.15, 0.2) is 42.5 Å². The van der Waals surface area contributed by atoms with E-state index in [0.29, 0.717) is 28.5 Å². The van der Waals surface area contributed by atoms with Crippen LogP contribution < -0.4 is 20.7 Å². The Kier molecular flexibility index (Phi) is 7.33. The van der Waals surface area contributed by atoms with Crippen LogP contribution in [0.25, 0.3) is 0 Å². The Labute approximate surface area is 193 Å². The molecular formula is C22H24F2N6O2S. The van der Waals surface area contributed by atoms with Crippen molar-refractivity contribution in [2.24, 2.45) is 0 Å². The maximum atomic E-state index is 13.3. The van der Waals surface area contributed by atoms with Gasteiger partial charge in [0.1, 0.15) is 39.5 Å². The molecule has 0 aliphatic carbocycles. The Morgan fingerprint density at radius 1 is 1.12 bits per heavy atom. The van der Waals surface area contributed by atoms with Crippen molar-refractivity contribution in [2.45, 2.75) is 0 Å². The molecule has 1 saturated heterocycles. The molecule has 3 aromatic rings. The number of nitrogens with one attached hydrogen (secondary N) is 4. The van der Waals surface area contributed by atoms with E-state index in [1.54, 1.807) is 24.3 Å². The third-order valence-corrected chi connectivity index (χ3v) is 5.80. The minimum absolute atomic E-state index is 0.0585. The lowest BCUT2D eigenvalue weighted by atomic mass is 10.2. The van der Waals surface area contributed by atoms with E-state index in [0.717, 1.165) is 62.5 Å². The number of aromatic hydroxyl groups is 1. The second-order valence-corrected chi connectivity index (χ2v) is 8.23. The molecule has 0 atom stereocenters. The monoisotopic (exact) mass is 474 g/mol. The molecule has 2 aromatic carbocycles. The van der Waals surface area contributed by atoms with Crippen molar-refractivity contribution in [3.8, 4) is 17.4 Å². The first-order chi connectivity index (χ1) is 16.0. The fourth-order valence-electron chi connectivity index (χ4n) is 3.42. The number of hydrogen-bond acceptors (Lipinski definition) is 8. The highest BCUT2D eigenvalue weighted by Crippen LogP contribution is 2.33. The van der Waals surface area contributed by atoms with Gasteiger partial charge in [-0.3, -0.25) is 10.3 Å². The summed E-state index contributed by atoms with van der Waals surface area (Å²) in [4.78, 5) is 2.31. The van der Waals surface area contributed by atoms with Gasteiger partial charge in [-0.05, 0) is 35.8 Å². The zero-order valence-electron chi connectivity index (χ0n) is 17.7. The number of anilines is 2. The highest BCUT2D eigenvalue weighted by atomic mass is 32.1. The first kappa shape index (κ1) is 22.9. The van der Waals surface area contributed by atoms with Crippen LogP contribution in [-0.4, -0.2) is 59.5 Å². The zero-order chi connectivity index (χ0) is 23.2. The van der Waals surface area contributed by atoms with E-state index in [1.807, 2.05) is 0 Å². The van der Waals surface area contributed by atoms with Crippen molar-refractivity contribution in [1.29, 1.82) is 5.41 Å². The number of piperazine rings is 1. The fraction of sp³-hybridized carbons (Fsp3) is 0.273. The van der Waals surface area contributed by atoms with E-state index < -0.39 is 11.6 Å². The Morgan fingerprint density at radius 3 is 2.52 bits per heavy atom. The van der Waals surface area contributed by atoms with Crippen molar-refractivity contribution in [3.63, 3.8) is 0 Å². The second kappa shape index (κ2) is 10.6. The molecule has 0 saturated carbocycles. The largest absolute Gasteiger partial charge is 0.492 e. The second-order valence-electron chi connectivity index (χ2n) is 7.46. The predicted octanol–water partition coefficient (Wildman–Crippen LogP) is 3.48. The van der Waals surface area contributed by atoms with E-state index >= 15 is 0 Å². The number of amidine groups is 1. The van der Waals surface area contributed by atoms with Gasteiger partial charge in [-0.15, -0.1) is 0 Å². The highest BCUT2D eigenvalue weighted by molar-refractivity contribution is 7.11. The van der Waals surface area contributed by atoms with Crippen molar-refractivity contribution in [2.75, 3.05) is 44.6 Å². The average Bonchev–Trinajstić information content (AvgIpc) is 3.15. The molecule has 11 heteroatoms. The standard InChI is InChI=1S/C22H24F2N6O2S/c23-14-11-15(24)13-18(12-14)32-17-3-1-16(2-4-17)28-22-19(21(31)29-33-22)20(25)27-7-10-30-8-5-26-6-9-30/h1-4,11-13,26,28H,5-10H2,(H2,25,27)(H,29,31). The maximum Gasteiger partial charge on any atom is 0.236 e. The van der Waals surface area contributed by atoms with E-state index in [4.69, 9.17) is 10.1 Å². The minimum Gasteiger partial charge on any atom is -0.492 e. The number of rotatable bonds is 8. The van der Waals surface area contributed by atoms with Crippen LogP contribution in [0.2, 0.25) is 0 Å². The Hall–Kier alpha value is -3.28. The van der Waals surface area contributed by atoms with Gasteiger partial charge in [-0.25, -0.2) is 8.78 Å². The van der Waals surface area contributed by atoms with Gasteiger partial charge in [-0.2, -0.15) is 4.37 Å². The van der Waals surface area contributed by atoms with Crippen LogP contribution in [0, 0.1) is 17.0 Å². The molecule has 0 amide bonds. The molecule has 174 valence electrons. The van der Waals surface area contributed by atoms with Crippen LogP contribution in [0.5, 0.6) is 17.4 Å². The molecule has 8 nitrogen and oxygen atoms in total. The molecule has 33 heavy (non-hydrogen) atoms. The molecule has 0 unspecified atom stereocenters. The normalized spacial score (nSPS) is 14.1. The molecule has 2 heterocycles. The van der Waals surface area contributed by atoms with E-state index in [2.05, 4.69) is 25.2 Å². The molecule has 1 aliphatic heterocycles. The van der Waals surface area contributed by atoms with Crippen LogP contribution in [0.4, 0.5) is 19.5 Å². The summed E-state index contributed by atoms with van der Waals surface area (Å²) in [5, 5.41) is 28.5. The Balaban J connectivity index is 1.36. The highest BCUT2D eigenvalue weighted by Gasteiger charge is 2.18. The van der Waals surface area contributed by atoms with Gasteiger partial charge in [-0.1, -0.05) is 0 Å². The quantitative estimate of drug-likeness (QED) is 0.251. The number of benzene rings is 2. The third kappa shape index (κ3) is 6.15. The molecule has 0 bridgehead atoms. The lowest BCUT2D eigenvalue weighted by Crippen LogP contribution is -2.46. The summed E-state index contributed by atoms with van der Waals surface area (Å²) in [6, 6.07) is 9.69. The van der Waals surface area contributed by atoms with Gasteiger partial charge < -0.3 is 25.8 Å². The molecule has 1 aliphatic rings. The summed E-state index contributed by atoms with van der Waals surface area (Å²) in [5.41, 5.74) is 0.974. The van der Waals surface area contributed by atoms with Crippen LogP contribution >= 0.6 is 11.5 Å². The molecule has 5 N–H and O–H groups in total. The lowest BCUT2D eigenvalue weighted by molar-refractivity contribution is 0.244. The average molecular weight is 475 g/mol. The first-order valence-electron chi connectivity index (χ1n) is 10.4. The summed E-state index contributed by atoms with van der Waals surface area (Å²) >= 11 is 1.05. The number of halogens is 2. The fourth-order valence-corrected chi connectivity index (χ4v) is 4.13. The summed E-state index contributed by atoms with van der Waals surface area (Å²) in [6.07, 6.45) is 0. The molecule has 0 spiro atoms. The van der Waals surface area contributed by atoms with Crippen LogP contribution in [0.1, 0.15) is 5.56 Å². The van der Waals surface area contributed by atoms with Crippen molar-refractivity contribution >= 4 is 28.1 Å². The maximum absolute atomic E-state index is 13.3. The summed E-state index contributed by atoms with van der Waals surface area (Å²) < 4.78 is 36.1. The van der Waals surface area contributed by atoms with Crippen LogP contribution in [-0.2, 0) is 0 Å². The number of nitrogens with zero attached hydrogens (tertiary/aromatic N) is 2. The SMILES string of the molecule is N=C(NCCN1CCNCC1)c1c(O)nsc1Nc1ccc(Oc2cc(F)cc(F)c2)cc1. The summed E-state index contributed by atoms with van der Waals surface area (Å²) in [5.74, 6) is -1.10. The van der Waals surface area contributed by atoms with E-state index in [1.165, 1.54) is 0 Å². The van der Waals surface area contributed by atoms with Gasteiger partial charge in [0.05, 0.1) is 0 Å². The van der Waals surface area contributed by atoms with E-state index in [-0.39, 0.29) is 17.5 Å². The van der Waals surface area contributed by atoms with Gasteiger partial charge in [0, 0.05) is 63.2 Å². The first-order valence-corrected chi connectivity index (χ1v) is 11.2. The Bertz CT molecular complexity index is 1080. The molecule has 1 fully saturated rings. The number of hydrogen-bond donors (Lipinski definition) is 5. The van der Waals surface area contributed by atoms with Gasteiger partial charge >= 0.3 is 0 Å². The van der Waals surface area contributed by atoms with Gasteiger partial charge in [0.25, 0.3) is 0 Å². The Morgan fingerprint density at radius 2 is 1.82 bits per heavy atom. The van der Waals surface area contributed by atoms with Crippen LogP contribution in [0.3, 0.4) is 0 Å². The van der Waals surface area contributed by atoms with Gasteiger partial charge in [0.15, 0.2) is 0 Å². The molecule has 0 radical (unpaired) electrons. The third-order valence-electron chi connectivity index (χ3n) is 5.05. The van der Waals surface area contributed by atoms with E-state index in [9.17, 15) is 13.9 Å². The number of aromatic nitrogens is 1. The molecule has 1 aromatic heterocycles. The number of ether oxygens (including phenoxy) is 1. The predicted molar refractivity (Wildman–Crippen MR) is 124 cm³/mol.